The first-order chi connectivity index (χ1) is 13.0. The van der Waals surface area contributed by atoms with E-state index in [2.05, 4.69) is 0 Å². The third-order valence-corrected chi connectivity index (χ3v) is 8.72. The maximum Gasteiger partial charge on any atom is 0.243 e. The molecule has 144 valence electrons. The molecule has 0 saturated carbocycles. The Morgan fingerprint density at radius 3 is 2.26 bits per heavy atom. The molecular formula is C20H24N2O2S3. The van der Waals surface area contributed by atoms with Crippen LogP contribution in [0.15, 0.2) is 64.5 Å². The number of rotatable bonds is 4. The van der Waals surface area contributed by atoms with Gasteiger partial charge in [-0.25, -0.2) is 13.4 Å². The number of piperidine rings is 1. The minimum Gasteiger partial charge on any atom is -0.235 e. The van der Waals surface area contributed by atoms with E-state index in [1.54, 1.807) is 40.0 Å². The quantitative estimate of drug-likeness (QED) is 0.520. The Labute approximate surface area is 170 Å². The lowest BCUT2D eigenvalue weighted by atomic mass is 10.2. The number of hydrogen-bond donors (Lipinski definition) is 0. The average Bonchev–Trinajstić information content (AvgIpc) is 2.69. The van der Waals surface area contributed by atoms with Crippen molar-refractivity contribution >= 4 is 43.6 Å². The molecule has 0 unspecified atom stereocenters. The van der Waals surface area contributed by atoms with Crippen molar-refractivity contribution in [3.05, 3.63) is 60.2 Å². The summed E-state index contributed by atoms with van der Waals surface area (Å²) in [6.45, 7) is 3.07. The molecule has 2 aromatic carbocycles. The first kappa shape index (κ1) is 20.5. The topological polar surface area (TPSA) is 49.7 Å². The van der Waals surface area contributed by atoms with Gasteiger partial charge in [0.25, 0.3) is 0 Å². The molecule has 2 aromatic rings. The van der Waals surface area contributed by atoms with E-state index in [4.69, 9.17) is 4.99 Å². The zero-order valence-electron chi connectivity index (χ0n) is 15.5. The molecular weight excluding hydrogens is 396 g/mol. The van der Waals surface area contributed by atoms with Crippen LogP contribution in [0.25, 0.3) is 0 Å². The molecule has 1 aliphatic rings. The Hall–Kier alpha value is -1.28. The lowest BCUT2D eigenvalue weighted by Gasteiger charge is -2.30. The second-order valence-corrected chi connectivity index (χ2v) is 10.7. The molecule has 0 amide bonds. The van der Waals surface area contributed by atoms with Crippen LogP contribution in [0.1, 0.15) is 18.4 Å². The van der Waals surface area contributed by atoms with E-state index in [0.717, 1.165) is 28.5 Å². The fourth-order valence-corrected chi connectivity index (χ4v) is 6.27. The Morgan fingerprint density at radius 2 is 1.67 bits per heavy atom. The van der Waals surface area contributed by atoms with E-state index in [1.165, 1.54) is 0 Å². The molecule has 3 rings (SSSR count). The highest BCUT2D eigenvalue weighted by Crippen LogP contribution is 2.31. The van der Waals surface area contributed by atoms with E-state index in [9.17, 15) is 8.42 Å². The normalized spacial score (nSPS) is 17.2. The van der Waals surface area contributed by atoms with Gasteiger partial charge in [0.05, 0.1) is 10.6 Å². The van der Waals surface area contributed by atoms with Crippen LogP contribution in [0.4, 0.5) is 5.69 Å². The highest BCUT2D eigenvalue weighted by atomic mass is 32.2. The summed E-state index contributed by atoms with van der Waals surface area (Å²) in [5.41, 5.74) is 2.01. The molecule has 0 atom stereocenters. The largest absolute Gasteiger partial charge is 0.243 e. The second kappa shape index (κ2) is 9.28. The standard InChI is InChI=1S/C20H24N2O2S3/c1-16-8-10-19(11-9-16)27(23,24)22-14-12-18(13-15-22)26-20(25-2)21-17-6-4-3-5-7-17/h3-11,18H,12-15H2,1-2H3. The molecule has 0 bridgehead atoms. The lowest BCUT2D eigenvalue weighted by molar-refractivity contribution is 0.353. The third-order valence-electron chi connectivity index (χ3n) is 4.48. The number of hydrogen-bond acceptors (Lipinski definition) is 5. The molecule has 0 aromatic heterocycles. The van der Waals surface area contributed by atoms with Crippen LogP contribution in [0.2, 0.25) is 0 Å². The summed E-state index contributed by atoms with van der Waals surface area (Å²) < 4.78 is 28.3. The first-order valence-electron chi connectivity index (χ1n) is 8.90. The van der Waals surface area contributed by atoms with Gasteiger partial charge in [-0.15, -0.1) is 11.8 Å². The van der Waals surface area contributed by atoms with Gasteiger partial charge in [-0.1, -0.05) is 47.7 Å². The second-order valence-electron chi connectivity index (χ2n) is 6.45. The predicted octanol–water partition coefficient (Wildman–Crippen LogP) is 4.93. The molecule has 0 spiro atoms. The van der Waals surface area contributed by atoms with Crippen molar-refractivity contribution in [3.8, 4) is 0 Å². The van der Waals surface area contributed by atoms with Crippen LogP contribution in [0.3, 0.4) is 0 Å². The van der Waals surface area contributed by atoms with Crippen molar-refractivity contribution in [1.29, 1.82) is 0 Å². The van der Waals surface area contributed by atoms with Gasteiger partial charge in [-0.3, -0.25) is 0 Å². The van der Waals surface area contributed by atoms with Crippen molar-refractivity contribution < 1.29 is 8.42 Å². The number of nitrogens with zero attached hydrogens (tertiary/aromatic N) is 2. The Morgan fingerprint density at radius 1 is 1.04 bits per heavy atom. The van der Waals surface area contributed by atoms with Gasteiger partial charge in [0, 0.05) is 18.3 Å². The molecule has 0 aliphatic carbocycles. The maximum absolute atomic E-state index is 12.8. The third kappa shape index (κ3) is 5.38. The molecule has 1 aliphatic heterocycles. The zero-order chi connectivity index (χ0) is 19.3. The predicted molar refractivity (Wildman–Crippen MR) is 118 cm³/mol. The van der Waals surface area contributed by atoms with Crippen molar-refractivity contribution in [2.45, 2.75) is 29.9 Å². The summed E-state index contributed by atoms with van der Waals surface area (Å²) in [6, 6.07) is 17.0. The van der Waals surface area contributed by atoms with Gasteiger partial charge < -0.3 is 0 Å². The van der Waals surface area contributed by atoms with Crippen LogP contribution in [-0.2, 0) is 10.0 Å². The molecule has 0 N–H and O–H groups in total. The van der Waals surface area contributed by atoms with Crippen LogP contribution >= 0.6 is 23.5 Å². The lowest BCUT2D eigenvalue weighted by Crippen LogP contribution is -2.39. The van der Waals surface area contributed by atoms with Gasteiger partial charge in [0.15, 0.2) is 0 Å². The van der Waals surface area contributed by atoms with Crippen LogP contribution in [0.5, 0.6) is 0 Å². The summed E-state index contributed by atoms with van der Waals surface area (Å²) in [7, 11) is -3.40. The van der Waals surface area contributed by atoms with Crippen LogP contribution < -0.4 is 0 Å². The van der Waals surface area contributed by atoms with Crippen LogP contribution in [-0.4, -0.2) is 41.7 Å². The number of para-hydroxylation sites is 1. The molecule has 1 fully saturated rings. The summed E-state index contributed by atoms with van der Waals surface area (Å²) in [6.07, 6.45) is 3.71. The Bertz CT molecular complexity index is 873. The summed E-state index contributed by atoms with van der Waals surface area (Å²) in [4.78, 5) is 5.09. The van der Waals surface area contributed by atoms with Gasteiger partial charge in [-0.05, 0) is 50.3 Å². The van der Waals surface area contributed by atoms with E-state index in [1.807, 2.05) is 55.6 Å². The number of sulfonamides is 1. The van der Waals surface area contributed by atoms with Gasteiger partial charge in [-0.2, -0.15) is 4.31 Å². The zero-order valence-corrected chi connectivity index (χ0v) is 18.0. The van der Waals surface area contributed by atoms with E-state index in [0.29, 0.717) is 23.2 Å². The van der Waals surface area contributed by atoms with Gasteiger partial charge in [0.2, 0.25) is 10.0 Å². The summed E-state index contributed by atoms with van der Waals surface area (Å²) in [5.74, 6) is 0. The molecule has 7 heteroatoms. The Balaban J connectivity index is 1.61. The summed E-state index contributed by atoms with van der Waals surface area (Å²) in [5, 5.41) is 0.393. The number of benzene rings is 2. The summed E-state index contributed by atoms with van der Waals surface area (Å²) >= 11 is 3.41. The first-order valence-corrected chi connectivity index (χ1v) is 12.4. The smallest absolute Gasteiger partial charge is 0.235 e. The number of aliphatic imine (C=N–C) groups is 1. The van der Waals surface area contributed by atoms with E-state index in [-0.39, 0.29) is 0 Å². The Kier molecular flexibility index (Phi) is 7.03. The van der Waals surface area contributed by atoms with E-state index >= 15 is 0 Å². The highest BCUT2D eigenvalue weighted by Gasteiger charge is 2.30. The van der Waals surface area contributed by atoms with Crippen molar-refractivity contribution in [2.24, 2.45) is 4.99 Å². The number of thioether (sulfide) groups is 2. The molecule has 1 saturated heterocycles. The monoisotopic (exact) mass is 420 g/mol. The van der Waals surface area contributed by atoms with E-state index < -0.39 is 10.0 Å². The highest BCUT2D eigenvalue weighted by molar-refractivity contribution is 8.38. The average molecular weight is 421 g/mol. The maximum atomic E-state index is 12.8. The van der Waals surface area contributed by atoms with Crippen molar-refractivity contribution in [3.63, 3.8) is 0 Å². The van der Waals surface area contributed by atoms with Crippen molar-refractivity contribution in [2.75, 3.05) is 19.3 Å². The fourth-order valence-electron chi connectivity index (χ4n) is 2.92. The SMILES string of the molecule is CSC(=Nc1ccccc1)SC1CCN(S(=O)(=O)c2ccc(C)cc2)CC1. The molecule has 27 heavy (non-hydrogen) atoms. The van der Waals surface area contributed by atoms with Crippen LogP contribution in [0, 0.1) is 6.92 Å². The van der Waals surface area contributed by atoms with Gasteiger partial charge in [0.1, 0.15) is 4.38 Å². The molecule has 0 radical (unpaired) electrons. The fraction of sp³-hybridized carbons (Fsp3) is 0.350. The van der Waals surface area contributed by atoms with Crippen molar-refractivity contribution in [1.82, 2.24) is 4.31 Å². The minimum atomic E-state index is -3.40. The number of aryl methyl sites for hydroxylation is 1. The molecule has 4 nitrogen and oxygen atoms in total. The van der Waals surface area contributed by atoms with Gasteiger partial charge >= 0.3 is 0 Å². The molecule has 1 heterocycles. The minimum absolute atomic E-state index is 0.384.